The molecule has 0 saturated heterocycles. The van der Waals surface area contributed by atoms with Crippen LogP contribution in [-0.4, -0.2) is 0 Å². The van der Waals surface area contributed by atoms with E-state index in [1.54, 1.807) is 0 Å². The van der Waals surface area contributed by atoms with Crippen molar-refractivity contribution < 1.29 is 0 Å². The molecule has 4 aromatic heterocycles. The number of thiophene rings is 4. The zero-order valence-electron chi connectivity index (χ0n) is 64.3. The molecule has 512 valence electrons. The van der Waals surface area contributed by atoms with Gasteiger partial charge in [-0.05, 0) is 281 Å². The van der Waals surface area contributed by atoms with E-state index in [0.717, 1.165) is 54.4 Å². The molecule has 0 unspecified atom stereocenters. The summed E-state index contributed by atoms with van der Waals surface area (Å²) in [5.74, 6) is 2.16. The molecule has 6 aromatic carbocycles. The van der Waals surface area contributed by atoms with Crippen molar-refractivity contribution in [2.75, 3.05) is 19.6 Å². The Labute approximate surface area is 606 Å². The van der Waals surface area contributed by atoms with Crippen LogP contribution < -0.4 is 19.6 Å². The van der Waals surface area contributed by atoms with Crippen LogP contribution in [0.2, 0.25) is 0 Å². The Morgan fingerprint density at radius 1 is 0.204 bits per heavy atom. The van der Waals surface area contributed by atoms with Crippen molar-refractivity contribution in [1.82, 2.24) is 0 Å². The van der Waals surface area contributed by atoms with Gasteiger partial charge in [-0.25, -0.2) is 0 Å². The fourth-order valence-corrected chi connectivity index (χ4v) is 17.2. The van der Waals surface area contributed by atoms with E-state index in [2.05, 4.69) is 359 Å². The van der Waals surface area contributed by atoms with Crippen molar-refractivity contribution in [2.45, 2.75) is 237 Å². The van der Waals surface area contributed by atoms with E-state index in [1.165, 1.54) is 109 Å². The first-order valence-electron chi connectivity index (χ1n) is 35.4. The van der Waals surface area contributed by atoms with Crippen molar-refractivity contribution in [1.29, 1.82) is 0 Å². The van der Waals surface area contributed by atoms with Gasteiger partial charge in [0.15, 0.2) is 11.6 Å². The summed E-state index contributed by atoms with van der Waals surface area (Å²) in [6.07, 6.45) is 0. The van der Waals surface area contributed by atoms with Gasteiger partial charge in [-0.1, -0.05) is 190 Å². The first-order valence-corrected chi connectivity index (χ1v) is 38.7. The molecule has 10 aromatic rings. The van der Waals surface area contributed by atoms with Crippen LogP contribution in [0.25, 0.3) is 41.8 Å². The predicted molar refractivity (Wildman–Crippen MR) is 436 cm³/mol. The molecule has 0 atom stereocenters. The highest BCUT2D eigenvalue weighted by molar-refractivity contribution is 7.21. The molecule has 2 aliphatic rings. The van der Waals surface area contributed by atoms with Gasteiger partial charge in [0.2, 0.25) is 0 Å². The third kappa shape index (κ3) is 13.6. The number of nitrogens with zero attached hydrogens (tertiary/aromatic N) is 4. The molecule has 98 heavy (non-hydrogen) atoms. The van der Waals surface area contributed by atoms with Crippen molar-refractivity contribution in [3.8, 4) is 41.8 Å². The summed E-state index contributed by atoms with van der Waals surface area (Å²) in [4.78, 5) is 15.6. The molecule has 0 spiro atoms. The Bertz CT molecular complexity index is 4050. The van der Waals surface area contributed by atoms with Crippen molar-refractivity contribution in [2.24, 2.45) is 0 Å². The molecular formula is C90H108N4S4. The molecule has 0 N–H and O–H groups in total. The van der Waals surface area contributed by atoms with E-state index in [-0.39, 0.29) is 43.3 Å². The highest BCUT2D eigenvalue weighted by Gasteiger charge is 2.47. The highest BCUT2D eigenvalue weighted by atomic mass is 32.1. The van der Waals surface area contributed by atoms with E-state index in [9.17, 15) is 0 Å². The largest absolute Gasteiger partial charge is 0.282 e. The fraction of sp³-hybridized carbons (Fsp3) is 0.400. The molecule has 8 heteroatoms. The van der Waals surface area contributed by atoms with E-state index in [0.29, 0.717) is 0 Å². The molecular weight excluding hydrogens is 1270 g/mol. The zero-order valence-corrected chi connectivity index (χ0v) is 67.5. The second-order valence-corrected chi connectivity index (χ2v) is 40.8. The fourth-order valence-electron chi connectivity index (χ4n) is 13.2. The second-order valence-electron chi connectivity index (χ2n) is 36.6. The molecule has 6 heterocycles. The summed E-state index contributed by atoms with van der Waals surface area (Å²) >= 11 is 7.60. The maximum absolute atomic E-state index is 2.65. The van der Waals surface area contributed by atoms with Crippen LogP contribution in [0.5, 0.6) is 0 Å². The molecule has 2 aliphatic heterocycles. The van der Waals surface area contributed by atoms with Crippen LogP contribution in [-0.2, 0) is 43.3 Å². The van der Waals surface area contributed by atoms with E-state index in [1.807, 2.05) is 45.3 Å². The molecule has 4 nitrogen and oxygen atoms in total. The van der Waals surface area contributed by atoms with Crippen LogP contribution >= 0.6 is 45.3 Å². The van der Waals surface area contributed by atoms with Gasteiger partial charge < -0.3 is 0 Å². The number of hydrogen-bond acceptors (Lipinski definition) is 8. The number of fused-ring (bicyclic) bond motifs is 2. The zero-order chi connectivity index (χ0) is 71.4. The van der Waals surface area contributed by atoms with Gasteiger partial charge in [-0.2, -0.15) is 0 Å². The summed E-state index contributed by atoms with van der Waals surface area (Å²) in [5, 5.41) is 4.62. The van der Waals surface area contributed by atoms with Gasteiger partial charge in [0.25, 0.3) is 0 Å². The SMILES string of the molecule is Cc1cc2c(cc1C)N(c1ccc(-c3cc(C(C)(C)C)cc(C(C)(C)C)c3)s1)C(=C1N(c3ccc(-c4cc(C(C)(C)C)cc(C(C)(C)C)c4)s3)c3cc(C)c(C)cc3N1c1ccc(-c3cc(C(C)(C)C)cc(C(C)(C)C)c3)s1)N2c1ccc(-c2cc(C(C)(C)C)cc(C(C)(C)C)c2)s1. The molecule has 0 aliphatic carbocycles. The number of benzene rings is 6. The van der Waals surface area contributed by atoms with Gasteiger partial charge in [0, 0.05) is 19.5 Å². The van der Waals surface area contributed by atoms with E-state index < -0.39 is 0 Å². The Hall–Kier alpha value is -6.94. The van der Waals surface area contributed by atoms with Gasteiger partial charge in [0.05, 0.1) is 22.7 Å². The Balaban J connectivity index is 1.21. The van der Waals surface area contributed by atoms with Crippen molar-refractivity contribution in [3.63, 3.8) is 0 Å². The first kappa shape index (κ1) is 70.9. The summed E-state index contributed by atoms with van der Waals surface area (Å²) < 4.78 is 0. The normalized spacial score (nSPS) is 14.4. The number of rotatable bonds is 8. The lowest BCUT2D eigenvalue weighted by atomic mass is 9.79. The van der Waals surface area contributed by atoms with Crippen molar-refractivity contribution in [3.05, 3.63) is 224 Å². The molecule has 12 rings (SSSR count). The maximum atomic E-state index is 2.65. The van der Waals surface area contributed by atoms with E-state index in [4.69, 9.17) is 0 Å². The van der Waals surface area contributed by atoms with Gasteiger partial charge in [-0.3, -0.25) is 19.6 Å². The minimum absolute atomic E-state index is 0.0433. The Kier molecular flexibility index (Phi) is 17.7. The average molecular weight is 1370 g/mol. The summed E-state index contributed by atoms with van der Waals surface area (Å²) in [5.41, 5.74) is 25.1. The standard InChI is InChI=1S/C90H108N4S4/c1-53-37-69-70(38-54(53)2)92(78-34-30-74(96-78)58-43-63(85(11,12)13)50-64(44-58)86(14,15)16)81(91(69)77-33-29-73(95-77)57-41-61(83(5,6)7)49-62(42-57)84(8,9)10)82-93(79-35-31-75(97-79)59-45-65(87(17,18)19)51-66(46-59)88(20,21)22)71-39-55(3)56(4)40-72(71)94(82)80-36-32-76(98-80)60-47-67(89(23,24)25)52-68(48-60)90(26,27)28/h29-52H,1-28H3. The highest BCUT2D eigenvalue weighted by Crippen LogP contribution is 2.62. The minimum atomic E-state index is -0.0433. The summed E-state index contributed by atoms with van der Waals surface area (Å²) in [6.45, 7) is 65.6. The van der Waals surface area contributed by atoms with Gasteiger partial charge >= 0.3 is 0 Å². The quantitative estimate of drug-likeness (QED) is 0.150. The molecule has 0 saturated carbocycles. The Morgan fingerprint density at radius 3 is 0.500 bits per heavy atom. The second kappa shape index (κ2) is 24.4. The lowest BCUT2D eigenvalue weighted by molar-refractivity contribution is 0.568. The summed E-state index contributed by atoms with van der Waals surface area (Å²) in [6, 6.07) is 58.6. The topological polar surface area (TPSA) is 13.0 Å². The molecule has 0 radical (unpaired) electrons. The average Bonchev–Trinajstić information content (AvgIpc) is 1.54. The lowest BCUT2D eigenvalue weighted by Crippen LogP contribution is -2.32. The van der Waals surface area contributed by atoms with Crippen LogP contribution in [0.4, 0.5) is 42.8 Å². The smallest absolute Gasteiger partial charge is 0.167 e. The van der Waals surface area contributed by atoms with Crippen LogP contribution in [0.1, 0.15) is 233 Å². The van der Waals surface area contributed by atoms with Crippen LogP contribution in [0.15, 0.2) is 157 Å². The van der Waals surface area contributed by atoms with Gasteiger partial charge in [-0.15, -0.1) is 45.3 Å². The van der Waals surface area contributed by atoms with Crippen LogP contribution in [0, 0.1) is 27.7 Å². The van der Waals surface area contributed by atoms with Crippen molar-refractivity contribution >= 4 is 88.1 Å². The monoisotopic (exact) mass is 1370 g/mol. The third-order valence-corrected chi connectivity index (χ3v) is 24.7. The number of aryl methyl sites for hydroxylation is 4. The maximum Gasteiger partial charge on any atom is 0.167 e. The van der Waals surface area contributed by atoms with Crippen LogP contribution in [0.3, 0.4) is 0 Å². The minimum Gasteiger partial charge on any atom is -0.282 e. The number of anilines is 8. The Morgan fingerprint density at radius 2 is 0.357 bits per heavy atom. The molecule has 0 amide bonds. The first-order chi connectivity index (χ1) is 45.2. The molecule has 0 bridgehead atoms. The van der Waals surface area contributed by atoms with E-state index >= 15 is 0 Å². The van der Waals surface area contributed by atoms with Gasteiger partial charge in [0.1, 0.15) is 20.0 Å². The third-order valence-electron chi connectivity index (χ3n) is 20.2. The number of hydrogen-bond donors (Lipinski definition) is 0. The predicted octanol–water partition coefficient (Wildman–Crippen LogP) is 28.6. The summed E-state index contributed by atoms with van der Waals surface area (Å²) in [7, 11) is 0. The lowest BCUT2D eigenvalue weighted by Gasteiger charge is -2.32. The molecule has 0 fully saturated rings.